The number of nitrogens with zero attached hydrogens (tertiary/aromatic N) is 1. The zero-order valence-corrected chi connectivity index (χ0v) is 8.56. The molecule has 4 nitrogen and oxygen atoms in total. The normalized spacial score (nSPS) is 14.1. The number of ether oxygens (including phenoxy) is 1. The Balaban J connectivity index is 2.33. The molecule has 0 bridgehead atoms. The molecule has 0 saturated heterocycles. The fourth-order valence-corrected chi connectivity index (χ4v) is 2.08. The predicted octanol–water partition coefficient (Wildman–Crippen LogP) is 1.39. The minimum atomic E-state index is -0.398. The Hall–Kier alpha value is -1.23. The van der Waals surface area contributed by atoms with Gasteiger partial charge in [-0.2, -0.15) is 0 Å². The van der Waals surface area contributed by atoms with Crippen molar-refractivity contribution in [3.8, 4) is 0 Å². The van der Waals surface area contributed by atoms with E-state index in [1.807, 2.05) is 6.07 Å². The summed E-state index contributed by atoms with van der Waals surface area (Å²) in [4.78, 5) is 16.4. The van der Waals surface area contributed by atoms with Crippen LogP contribution in [0.1, 0.15) is 10.5 Å². The van der Waals surface area contributed by atoms with Gasteiger partial charge in [-0.15, -0.1) is 11.8 Å². The fraction of sp³-hybridized carbons (Fsp3) is 0.333. The van der Waals surface area contributed by atoms with E-state index in [0.29, 0.717) is 5.69 Å². The Labute approximate surface area is 86.1 Å². The van der Waals surface area contributed by atoms with Crippen LogP contribution in [0, 0.1) is 0 Å². The van der Waals surface area contributed by atoms with E-state index < -0.39 is 5.97 Å². The number of esters is 1. The number of thioether (sulfide) groups is 1. The second-order valence-electron chi connectivity index (χ2n) is 2.81. The number of aromatic nitrogens is 1. The molecule has 5 heteroatoms. The largest absolute Gasteiger partial charge is 0.464 e. The number of carbonyl (C=O) groups is 1. The zero-order chi connectivity index (χ0) is 9.97. The maximum Gasteiger partial charge on any atom is 0.356 e. The van der Waals surface area contributed by atoms with Gasteiger partial charge in [0.2, 0.25) is 0 Å². The third kappa shape index (κ3) is 1.68. The van der Waals surface area contributed by atoms with E-state index in [9.17, 15) is 4.79 Å². The maximum absolute atomic E-state index is 11.2. The Kier molecular flexibility index (Phi) is 2.58. The van der Waals surface area contributed by atoms with Gasteiger partial charge in [0.1, 0.15) is 5.82 Å². The molecule has 14 heavy (non-hydrogen) atoms. The average Bonchev–Trinajstić information content (AvgIpc) is 2.27. The van der Waals surface area contributed by atoms with E-state index in [0.717, 1.165) is 23.0 Å². The summed E-state index contributed by atoms with van der Waals surface area (Å²) in [5.41, 5.74) is 0.348. The maximum atomic E-state index is 11.2. The summed E-state index contributed by atoms with van der Waals surface area (Å²) in [5.74, 6) is 1.42. The summed E-state index contributed by atoms with van der Waals surface area (Å²) in [6.45, 7) is 0.884. The summed E-state index contributed by atoms with van der Waals surface area (Å²) in [7, 11) is 1.35. The van der Waals surface area contributed by atoms with Crippen molar-refractivity contribution in [3.63, 3.8) is 0 Å². The molecule has 1 aliphatic heterocycles. The highest BCUT2D eigenvalue weighted by atomic mass is 32.2. The first kappa shape index (κ1) is 9.33. The second-order valence-corrected chi connectivity index (χ2v) is 3.95. The van der Waals surface area contributed by atoms with Gasteiger partial charge in [0, 0.05) is 17.2 Å². The van der Waals surface area contributed by atoms with Gasteiger partial charge in [-0.05, 0) is 12.1 Å². The summed E-state index contributed by atoms with van der Waals surface area (Å²) < 4.78 is 4.59. The van der Waals surface area contributed by atoms with Crippen LogP contribution in [0.15, 0.2) is 17.0 Å². The highest BCUT2D eigenvalue weighted by Crippen LogP contribution is 2.29. The molecule has 74 valence electrons. The monoisotopic (exact) mass is 210 g/mol. The standard InChI is InChI=1S/C9H10N2O2S/c1-13-9(12)6-2-3-7-8(11-6)10-4-5-14-7/h2-3H,4-5H2,1H3,(H,10,11). The molecule has 0 atom stereocenters. The highest BCUT2D eigenvalue weighted by molar-refractivity contribution is 7.99. The molecular weight excluding hydrogens is 200 g/mol. The lowest BCUT2D eigenvalue weighted by atomic mass is 10.3. The number of carbonyl (C=O) groups excluding carboxylic acids is 1. The average molecular weight is 210 g/mol. The molecule has 0 saturated carbocycles. The molecule has 0 spiro atoms. The van der Waals surface area contributed by atoms with Gasteiger partial charge in [0.05, 0.1) is 7.11 Å². The molecule has 0 aromatic carbocycles. The van der Waals surface area contributed by atoms with Gasteiger partial charge in [0.15, 0.2) is 5.69 Å². The number of fused-ring (bicyclic) bond motifs is 1. The molecular formula is C9H10N2O2S. The molecule has 0 aliphatic carbocycles. The van der Waals surface area contributed by atoms with Crippen molar-refractivity contribution in [3.05, 3.63) is 17.8 Å². The number of hydrogen-bond acceptors (Lipinski definition) is 5. The van der Waals surface area contributed by atoms with Crippen molar-refractivity contribution in [2.45, 2.75) is 4.90 Å². The lowest BCUT2D eigenvalue weighted by molar-refractivity contribution is 0.0594. The second kappa shape index (κ2) is 3.88. The number of nitrogens with one attached hydrogen (secondary N) is 1. The van der Waals surface area contributed by atoms with Crippen LogP contribution in [0.2, 0.25) is 0 Å². The zero-order valence-electron chi connectivity index (χ0n) is 7.74. The van der Waals surface area contributed by atoms with Crippen molar-refractivity contribution >= 4 is 23.5 Å². The topological polar surface area (TPSA) is 51.2 Å². The first-order valence-corrected chi connectivity index (χ1v) is 5.26. The van der Waals surface area contributed by atoms with Crippen LogP contribution >= 0.6 is 11.8 Å². The molecule has 2 rings (SSSR count). The molecule has 0 amide bonds. The Morgan fingerprint density at radius 1 is 1.64 bits per heavy atom. The number of methoxy groups -OCH3 is 1. The molecule has 0 fully saturated rings. The fourth-order valence-electron chi connectivity index (χ4n) is 1.24. The minimum absolute atomic E-state index is 0.348. The molecule has 1 aromatic heterocycles. The van der Waals surface area contributed by atoms with E-state index in [1.54, 1.807) is 17.8 Å². The van der Waals surface area contributed by atoms with Gasteiger partial charge in [-0.3, -0.25) is 0 Å². The van der Waals surface area contributed by atoms with E-state index in [-0.39, 0.29) is 0 Å². The van der Waals surface area contributed by atoms with Gasteiger partial charge in [-0.1, -0.05) is 0 Å². The lowest BCUT2D eigenvalue weighted by Gasteiger charge is -2.16. The van der Waals surface area contributed by atoms with Crippen LogP contribution in [0.3, 0.4) is 0 Å². The summed E-state index contributed by atoms with van der Waals surface area (Å²) in [6, 6.07) is 3.58. The van der Waals surface area contributed by atoms with Crippen molar-refractivity contribution in [1.82, 2.24) is 4.98 Å². The van der Waals surface area contributed by atoms with Gasteiger partial charge >= 0.3 is 5.97 Å². The van der Waals surface area contributed by atoms with Crippen LogP contribution in [-0.4, -0.2) is 30.4 Å². The first-order valence-electron chi connectivity index (χ1n) is 4.27. The Morgan fingerprint density at radius 3 is 3.29 bits per heavy atom. The third-order valence-electron chi connectivity index (χ3n) is 1.90. The van der Waals surface area contributed by atoms with Crippen molar-refractivity contribution < 1.29 is 9.53 Å². The molecule has 1 N–H and O–H groups in total. The van der Waals surface area contributed by atoms with E-state index in [2.05, 4.69) is 15.0 Å². The smallest absolute Gasteiger partial charge is 0.356 e. The third-order valence-corrected chi connectivity index (χ3v) is 2.95. The van der Waals surface area contributed by atoms with Gasteiger partial charge in [0.25, 0.3) is 0 Å². The quantitative estimate of drug-likeness (QED) is 0.710. The Morgan fingerprint density at radius 2 is 2.50 bits per heavy atom. The molecule has 0 radical (unpaired) electrons. The molecule has 0 unspecified atom stereocenters. The summed E-state index contributed by atoms with van der Waals surface area (Å²) >= 11 is 1.74. The van der Waals surface area contributed by atoms with E-state index in [4.69, 9.17) is 0 Å². The number of anilines is 1. The molecule has 1 aromatic rings. The number of hydrogen-bond donors (Lipinski definition) is 1. The molecule has 1 aliphatic rings. The lowest BCUT2D eigenvalue weighted by Crippen LogP contribution is -2.14. The van der Waals surface area contributed by atoms with Crippen molar-refractivity contribution in [2.24, 2.45) is 0 Å². The van der Waals surface area contributed by atoms with Crippen molar-refractivity contribution in [1.29, 1.82) is 0 Å². The van der Waals surface area contributed by atoms with Crippen LogP contribution in [0.4, 0.5) is 5.82 Å². The minimum Gasteiger partial charge on any atom is -0.464 e. The van der Waals surface area contributed by atoms with Gasteiger partial charge in [-0.25, -0.2) is 9.78 Å². The SMILES string of the molecule is COC(=O)c1ccc2c(n1)NCCS2. The number of pyridine rings is 1. The van der Waals surface area contributed by atoms with Crippen LogP contribution < -0.4 is 5.32 Å². The summed E-state index contributed by atoms with van der Waals surface area (Å²) in [5, 5.41) is 3.14. The predicted molar refractivity (Wildman–Crippen MR) is 54.8 cm³/mol. The first-order chi connectivity index (χ1) is 6.81. The van der Waals surface area contributed by atoms with Gasteiger partial charge < -0.3 is 10.1 Å². The van der Waals surface area contributed by atoms with Crippen LogP contribution in [0.25, 0.3) is 0 Å². The van der Waals surface area contributed by atoms with Crippen LogP contribution in [-0.2, 0) is 4.74 Å². The van der Waals surface area contributed by atoms with E-state index >= 15 is 0 Å². The van der Waals surface area contributed by atoms with E-state index in [1.165, 1.54) is 7.11 Å². The summed E-state index contributed by atoms with van der Waals surface area (Å²) in [6.07, 6.45) is 0. The number of rotatable bonds is 1. The Bertz CT molecular complexity index is 368. The van der Waals surface area contributed by atoms with Crippen molar-refractivity contribution in [2.75, 3.05) is 24.7 Å². The van der Waals surface area contributed by atoms with Crippen LogP contribution in [0.5, 0.6) is 0 Å². The molecule has 2 heterocycles. The highest BCUT2D eigenvalue weighted by Gasteiger charge is 2.14.